The Kier molecular flexibility index (Phi) is 16.2. The minimum Gasteiger partial charge on any atom is -0.490 e. The van der Waals surface area contributed by atoms with E-state index in [1.807, 2.05) is 19.9 Å². The minimum atomic E-state index is -1.46. The molecule has 1 unspecified atom stereocenters. The number of aromatic nitrogens is 4. The Bertz CT molecular complexity index is 2880. The van der Waals surface area contributed by atoms with Crippen molar-refractivity contribution in [2.45, 2.75) is 76.8 Å². The third-order valence-corrected chi connectivity index (χ3v) is 16.3. The first kappa shape index (κ1) is 51.3. The molecule has 73 heavy (non-hydrogen) atoms. The molecule has 4 aliphatic heterocycles. The van der Waals surface area contributed by atoms with E-state index in [0.29, 0.717) is 127 Å². The Balaban J connectivity index is 0.968. The second kappa shape index (κ2) is 23.1. The minimum absolute atomic E-state index is 0.00415. The summed E-state index contributed by atoms with van der Waals surface area (Å²) in [7, 11) is 2.11. The summed E-state index contributed by atoms with van der Waals surface area (Å²) in [5.74, 6) is 1.10. The van der Waals surface area contributed by atoms with Crippen molar-refractivity contribution >= 4 is 50.7 Å². The van der Waals surface area contributed by atoms with Gasteiger partial charge >= 0.3 is 5.97 Å². The van der Waals surface area contributed by atoms with E-state index < -0.39 is 24.0 Å². The molecule has 15 nitrogen and oxygen atoms in total. The van der Waals surface area contributed by atoms with Crippen LogP contribution in [0.4, 0.5) is 4.39 Å². The van der Waals surface area contributed by atoms with Crippen LogP contribution in [0.2, 0.25) is 10.0 Å². The van der Waals surface area contributed by atoms with Crippen LogP contribution in [-0.4, -0.2) is 139 Å². The lowest BCUT2D eigenvalue weighted by Gasteiger charge is -2.35. The second-order valence-corrected chi connectivity index (χ2v) is 21.1. The van der Waals surface area contributed by atoms with Crippen LogP contribution in [0.3, 0.4) is 0 Å². The number of aliphatic carboxylic acids is 1. The number of hydrogen-bond acceptors (Lipinski definition) is 15. The molecule has 386 valence electrons. The second-order valence-electron chi connectivity index (χ2n) is 19.3. The van der Waals surface area contributed by atoms with Crippen LogP contribution < -0.4 is 18.9 Å². The fraction of sp³-hybridized carbons (Fsp3) is 0.463. The van der Waals surface area contributed by atoms with Gasteiger partial charge in [0.05, 0.1) is 47.6 Å². The first-order valence-electron chi connectivity index (χ1n) is 24.9. The first-order valence-corrected chi connectivity index (χ1v) is 26.5. The lowest BCUT2D eigenvalue weighted by Crippen LogP contribution is -2.49. The highest BCUT2D eigenvalue weighted by molar-refractivity contribution is 7.22. The lowest BCUT2D eigenvalue weighted by molar-refractivity contribution is -0.145. The summed E-state index contributed by atoms with van der Waals surface area (Å²) in [6, 6.07) is 13.3. The van der Waals surface area contributed by atoms with Crippen molar-refractivity contribution in [2.75, 3.05) is 79.4 Å². The van der Waals surface area contributed by atoms with Crippen molar-refractivity contribution in [1.29, 1.82) is 0 Å². The van der Waals surface area contributed by atoms with Gasteiger partial charge in [0.15, 0.2) is 5.75 Å². The van der Waals surface area contributed by atoms with E-state index in [4.69, 9.17) is 61.3 Å². The number of ether oxygens (including phenoxy) is 7. The molecule has 7 heterocycles. The zero-order valence-corrected chi connectivity index (χ0v) is 43.4. The van der Waals surface area contributed by atoms with Gasteiger partial charge in [0.2, 0.25) is 12.0 Å². The molecular weight excluding hydrogens is 999 g/mol. The summed E-state index contributed by atoms with van der Waals surface area (Å²) in [4.78, 5) is 38.1. The first-order chi connectivity index (χ1) is 35.4. The van der Waals surface area contributed by atoms with Gasteiger partial charge in [-0.25, -0.2) is 29.1 Å². The molecule has 3 atom stereocenters. The largest absolute Gasteiger partial charge is 0.490 e. The molecule has 1 saturated carbocycles. The molecule has 0 radical (unpaired) electrons. The molecule has 1 aliphatic carbocycles. The molecule has 1 N–H and O–H groups in total. The maximum atomic E-state index is 14.4. The van der Waals surface area contributed by atoms with Gasteiger partial charge in [0.1, 0.15) is 59.7 Å². The number of likely N-dealkylation sites (N-methyl/N-ethyl adjacent to an activating group) is 1. The number of hydrogen-bond donors (Lipinski definition) is 1. The Morgan fingerprint density at radius 2 is 1.67 bits per heavy atom. The van der Waals surface area contributed by atoms with E-state index in [2.05, 4.69) is 31.8 Å². The summed E-state index contributed by atoms with van der Waals surface area (Å²) in [5.41, 5.74) is 4.51. The number of carboxylic acid groups (broad SMARTS) is 1. The van der Waals surface area contributed by atoms with Crippen LogP contribution in [0, 0.1) is 25.6 Å². The van der Waals surface area contributed by atoms with Crippen LogP contribution in [0.1, 0.15) is 59.8 Å². The third-order valence-electron chi connectivity index (χ3n) is 14.2. The molecule has 6 aromatic rings. The summed E-state index contributed by atoms with van der Waals surface area (Å²) in [6.45, 7) is 11.0. The van der Waals surface area contributed by atoms with Gasteiger partial charge in [-0.2, -0.15) is 0 Å². The molecule has 2 saturated heterocycles. The van der Waals surface area contributed by atoms with Gasteiger partial charge in [-0.3, -0.25) is 4.90 Å². The summed E-state index contributed by atoms with van der Waals surface area (Å²) in [6.07, 6.45) is 4.92. The van der Waals surface area contributed by atoms with Crippen LogP contribution in [0.25, 0.3) is 31.8 Å². The smallest absolute Gasteiger partial charge is 0.345 e. The van der Waals surface area contributed by atoms with Crippen LogP contribution in [0.15, 0.2) is 61.1 Å². The highest BCUT2D eigenvalue weighted by Crippen LogP contribution is 2.53. The van der Waals surface area contributed by atoms with Crippen LogP contribution >= 0.6 is 34.5 Å². The van der Waals surface area contributed by atoms with Crippen LogP contribution in [0.5, 0.6) is 23.1 Å². The molecule has 19 heteroatoms. The molecule has 0 amide bonds. The molecule has 11 rings (SSSR count). The number of halogens is 3. The predicted octanol–water partition coefficient (Wildman–Crippen LogP) is 9.62. The standard InChI is InChI=1S/C54H59Cl2FN6O9S/c1-31-44-32(2)48(56)49(47(31)55)71-40(24-63-18-16-62(3)17-19-63)29-69-39-12-13-42(70-26-38-14-15-58-51(61-38)35-6-4-33(5-7-35)25-67-28-41-27-66-20-21-68-41)36(22-39)23-43(54(64)65)72-52-46-45(44)50(73-53(46)60-30-59-52)34-8-10-37(57)11-9-34/h8-15,22,30,33,35,40-41,43H,4-7,16-21,23-29H2,1-3H3,(H,64,65)/t33-,35-,40?,41-,43-/m1/s1. The van der Waals surface area contributed by atoms with Crippen molar-refractivity contribution in [3.8, 4) is 44.7 Å². The molecule has 3 aromatic heterocycles. The topological polar surface area (TPSA) is 160 Å². The van der Waals surface area contributed by atoms with Gasteiger partial charge in [-0.15, -0.1) is 11.3 Å². The highest BCUT2D eigenvalue weighted by Gasteiger charge is 2.33. The fourth-order valence-electron chi connectivity index (χ4n) is 10.1. The third kappa shape index (κ3) is 11.8. The summed E-state index contributed by atoms with van der Waals surface area (Å²) < 4.78 is 58.2. The van der Waals surface area contributed by atoms with E-state index in [1.54, 1.807) is 36.5 Å². The van der Waals surface area contributed by atoms with Crippen molar-refractivity contribution in [3.05, 3.63) is 105 Å². The molecule has 3 fully saturated rings. The number of piperazine rings is 1. The number of benzene rings is 3. The Hall–Kier alpha value is -5.24. The number of fused-ring (bicyclic) bond motifs is 7. The number of carbonyl (C=O) groups is 1. The maximum Gasteiger partial charge on any atom is 0.345 e. The Morgan fingerprint density at radius 1 is 0.890 bits per heavy atom. The Morgan fingerprint density at radius 3 is 2.41 bits per heavy atom. The van der Waals surface area contributed by atoms with E-state index in [9.17, 15) is 14.3 Å². The summed E-state index contributed by atoms with van der Waals surface area (Å²) >= 11 is 16.0. The van der Waals surface area contributed by atoms with Crippen molar-refractivity contribution in [3.63, 3.8) is 0 Å². The Labute approximate surface area is 437 Å². The average Bonchev–Trinajstić information content (AvgIpc) is 3.79. The quantitative estimate of drug-likeness (QED) is 0.123. The lowest BCUT2D eigenvalue weighted by atomic mass is 9.82. The van der Waals surface area contributed by atoms with E-state index in [0.717, 1.165) is 57.7 Å². The zero-order chi connectivity index (χ0) is 50.6. The summed E-state index contributed by atoms with van der Waals surface area (Å²) in [5, 5.41) is 12.0. The predicted molar refractivity (Wildman–Crippen MR) is 276 cm³/mol. The van der Waals surface area contributed by atoms with E-state index in [-0.39, 0.29) is 37.5 Å². The maximum absolute atomic E-state index is 14.4. The SMILES string of the molecule is Cc1c(Cl)c2c(Cl)c(C)c1-c1c(-c3ccc(F)cc3)sc3ncnc(c13)O[C@@H](C(=O)O)Cc1cc(ccc1OCc1ccnc([C@H]3CC[C@H](COC[C@H]4COCCO4)CC3)n1)OCC(CN1CCN(C)CC1)O2. The fourth-order valence-corrected chi connectivity index (χ4v) is 11.8. The van der Waals surface area contributed by atoms with Gasteiger partial charge in [-0.1, -0.05) is 35.3 Å². The van der Waals surface area contributed by atoms with Crippen molar-refractivity contribution < 1.29 is 47.4 Å². The number of carboxylic acids is 1. The van der Waals surface area contributed by atoms with Crippen LogP contribution in [-0.2, 0) is 32.0 Å². The highest BCUT2D eigenvalue weighted by atomic mass is 35.5. The molecule has 0 spiro atoms. The molecule has 4 bridgehead atoms. The molecular formula is C54H59Cl2FN6O9S. The zero-order valence-electron chi connectivity index (χ0n) is 41.1. The van der Waals surface area contributed by atoms with Gasteiger partial charge < -0.3 is 43.2 Å². The van der Waals surface area contributed by atoms with Gasteiger partial charge in [0.25, 0.3) is 0 Å². The van der Waals surface area contributed by atoms with Gasteiger partial charge in [-0.05, 0) is 111 Å². The monoisotopic (exact) mass is 1060 g/mol. The van der Waals surface area contributed by atoms with E-state index in [1.165, 1.54) is 29.8 Å². The van der Waals surface area contributed by atoms with Crippen molar-refractivity contribution in [2.24, 2.45) is 5.92 Å². The number of thiophene rings is 1. The number of rotatable bonds is 12. The average molecular weight is 1060 g/mol. The molecule has 5 aliphatic rings. The number of nitrogens with zero attached hydrogens (tertiary/aromatic N) is 6. The van der Waals surface area contributed by atoms with E-state index >= 15 is 0 Å². The molecule has 3 aromatic carbocycles. The normalized spacial score (nSPS) is 22.0. The van der Waals surface area contributed by atoms with Crippen molar-refractivity contribution in [1.82, 2.24) is 29.7 Å². The van der Waals surface area contributed by atoms with Gasteiger partial charge in [0, 0.05) is 73.9 Å².